The number of benzene rings is 1. The number of nitrogens with zero attached hydrogens (tertiary/aromatic N) is 1. The number of amides is 1. The molecule has 0 radical (unpaired) electrons. The molecule has 1 aromatic rings. The van der Waals surface area contributed by atoms with Gasteiger partial charge in [0.25, 0.3) is 0 Å². The molecule has 1 aromatic carbocycles. The van der Waals surface area contributed by atoms with Crippen molar-refractivity contribution < 1.29 is 17.9 Å². The number of carbonyl (C=O) groups excluding carboxylic acids is 1. The monoisotopic (exact) mass is 434 g/mol. The average Bonchev–Trinajstić information content (AvgIpc) is 3.11. The quantitative estimate of drug-likeness (QED) is 0.740. The van der Waals surface area contributed by atoms with Crippen LogP contribution >= 0.6 is 0 Å². The molecule has 4 atom stereocenters. The lowest BCUT2D eigenvalue weighted by atomic mass is 9.61. The van der Waals surface area contributed by atoms with Crippen molar-refractivity contribution in [1.82, 2.24) is 9.62 Å². The van der Waals surface area contributed by atoms with Gasteiger partial charge in [-0.2, -0.15) is 0 Å². The molecule has 166 valence electrons. The molecule has 1 aliphatic carbocycles. The molecule has 30 heavy (non-hydrogen) atoms. The Morgan fingerprint density at radius 2 is 1.93 bits per heavy atom. The molecule has 1 spiro atoms. The van der Waals surface area contributed by atoms with Crippen LogP contribution in [0.1, 0.15) is 64.7 Å². The summed E-state index contributed by atoms with van der Waals surface area (Å²) in [6, 6.07) is 6.48. The van der Waals surface area contributed by atoms with Crippen LogP contribution in [0.4, 0.5) is 0 Å². The maximum absolute atomic E-state index is 13.1. The van der Waals surface area contributed by atoms with Gasteiger partial charge in [-0.05, 0) is 81.0 Å². The minimum absolute atomic E-state index is 0.0462. The van der Waals surface area contributed by atoms with Crippen LogP contribution in [0.25, 0.3) is 0 Å². The number of ether oxygens (including phenoxy) is 1. The first-order valence-electron chi connectivity index (χ1n) is 11.4. The van der Waals surface area contributed by atoms with E-state index in [4.69, 9.17) is 4.74 Å². The molecular weight excluding hydrogens is 400 g/mol. The van der Waals surface area contributed by atoms with Crippen molar-refractivity contribution in [3.8, 4) is 5.75 Å². The Hall–Kier alpha value is -1.60. The van der Waals surface area contributed by atoms with Crippen molar-refractivity contribution in [2.24, 2.45) is 11.8 Å². The fourth-order valence-corrected chi connectivity index (χ4v) is 7.72. The van der Waals surface area contributed by atoms with Gasteiger partial charge in [-0.15, -0.1) is 0 Å². The van der Waals surface area contributed by atoms with E-state index >= 15 is 0 Å². The number of nitrogens with one attached hydrogen (secondary N) is 1. The molecule has 6 nitrogen and oxygen atoms in total. The highest BCUT2D eigenvalue weighted by atomic mass is 32.2. The van der Waals surface area contributed by atoms with Gasteiger partial charge >= 0.3 is 0 Å². The highest BCUT2D eigenvalue weighted by molar-refractivity contribution is 7.89. The van der Waals surface area contributed by atoms with E-state index in [0.717, 1.165) is 57.9 Å². The topological polar surface area (TPSA) is 75.7 Å². The van der Waals surface area contributed by atoms with Crippen LogP contribution in [0.5, 0.6) is 5.75 Å². The Kier molecular flexibility index (Phi) is 6.13. The number of methoxy groups -OCH3 is 1. The standard InChI is InChI=1S/C23H34N2O4S/c1-3-6-19-20-7-4-8-22(26)25-16-5-14-23(20,25)15-13-21(19)24-30(27,28)18-11-9-17(29-2)10-12-18/h9-12,19-21,24H,3-8,13-16H2,1-2H3/t19-,20+,21+,23-/m1/s1. The lowest BCUT2D eigenvalue weighted by Gasteiger charge is -2.53. The first kappa shape index (κ1) is 21.6. The highest BCUT2D eigenvalue weighted by Crippen LogP contribution is 2.52. The fourth-order valence-electron chi connectivity index (χ4n) is 6.40. The van der Waals surface area contributed by atoms with E-state index in [1.165, 1.54) is 0 Å². The lowest BCUT2D eigenvalue weighted by molar-refractivity contribution is -0.138. The second-order valence-electron chi connectivity index (χ2n) is 9.15. The maximum Gasteiger partial charge on any atom is 0.240 e. The molecule has 7 heteroatoms. The Morgan fingerprint density at radius 3 is 2.63 bits per heavy atom. The molecule has 0 bridgehead atoms. The normalized spacial score (nSPS) is 31.7. The smallest absolute Gasteiger partial charge is 0.240 e. The van der Waals surface area contributed by atoms with Gasteiger partial charge in [0.2, 0.25) is 15.9 Å². The molecule has 3 aliphatic rings. The van der Waals surface area contributed by atoms with E-state index in [9.17, 15) is 13.2 Å². The second kappa shape index (κ2) is 8.50. The average molecular weight is 435 g/mol. The number of carbonyl (C=O) groups is 1. The molecular formula is C23H34N2O4S. The highest BCUT2D eigenvalue weighted by Gasteiger charge is 2.56. The van der Waals surface area contributed by atoms with E-state index in [1.807, 2.05) is 0 Å². The van der Waals surface area contributed by atoms with E-state index < -0.39 is 10.0 Å². The van der Waals surface area contributed by atoms with Crippen molar-refractivity contribution in [1.29, 1.82) is 0 Å². The lowest BCUT2D eigenvalue weighted by Crippen LogP contribution is -2.60. The van der Waals surface area contributed by atoms with Crippen LogP contribution in [0, 0.1) is 11.8 Å². The zero-order chi connectivity index (χ0) is 21.4. The number of hydrogen-bond donors (Lipinski definition) is 1. The largest absolute Gasteiger partial charge is 0.497 e. The summed E-state index contributed by atoms with van der Waals surface area (Å²) in [5.74, 6) is 1.59. The van der Waals surface area contributed by atoms with Crippen molar-refractivity contribution in [2.45, 2.75) is 81.2 Å². The third-order valence-corrected chi connectivity index (χ3v) is 9.15. The SMILES string of the molecule is CCC[C@H]1[C@@H](NS(=O)(=O)c2ccc(OC)cc2)CC[C@@]23CCCN2C(=O)CCC[C@@H]13. The third kappa shape index (κ3) is 3.75. The Bertz CT molecular complexity index is 870. The number of rotatable bonds is 6. The van der Waals surface area contributed by atoms with Gasteiger partial charge in [0.15, 0.2) is 0 Å². The Morgan fingerprint density at radius 1 is 1.17 bits per heavy atom. The summed E-state index contributed by atoms with van der Waals surface area (Å²) >= 11 is 0. The van der Waals surface area contributed by atoms with Crippen LogP contribution in [0.15, 0.2) is 29.2 Å². The zero-order valence-corrected chi connectivity index (χ0v) is 18.9. The number of hydrogen-bond acceptors (Lipinski definition) is 4. The van der Waals surface area contributed by atoms with E-state index in [0.29, 0.717) is 24.0 Å². The summed E-state index contributed by atoms with van der Waals surface area (Å²) in [5, 5.41) is 0. The van der Waals surface area contributed by atoms with Gasteiger partial charge in [0.05, 0.1) is 12.0 Å². The summed E-state index contributed by atoms with van der Waals surface area (Å²) in [5.41, 5.74) is -0.0462. The molecule has 2 heterocycles. The first-order chi connectivity index (χ1) is 14.4. The summed E-state index contributed by atoms with van der Waals surface area (Å²) in [6.07, 6.45) is 8.42. The summed E-state index contributed by atoms with van der Waals surface area (Å²) < 4.78 is 34.5. The van der Waals surface area contributed by atoms with Gasteiger partial charge in [-0.3, -0.25) is 4.79 Å². The Labute approximate surface area is 180 Å². The van der Waals surface area contributed by atoms with Crippen LogP contribution < -0.4 is 9.46 Å². The predicted octanol–water partition coefficient (Wildman–Crippen LogP) is 3.71. The van der Waals surface area contributed by atoms with Crippen LogP contribution in [0.2, 0.25) is 0 Å². The Balaban J connectivity index is 1.60. The van der Waals surface area contributed by atoms with Crippen molar-refractivity contribution in [3.63, 3.8) is 0 Å². The molecule has 0 aromatic heterocycles. The minimum Gasteiger partial charge on any atom is -0.497 e. The van der Waals surface area contributed by atoms with Crippen LogP contribution in [-0.4, -0.2) is 44.5 Å². The number of sulfonamides is 1. The zero-order valence-electron chi connectivity index (χ0n) is 18.1. The molecule has 1 saturated carbocycles. The molecule has 1 N–H and O–H groups in total. The van der Waals surface area contributed by atoms with Crippen molar-refractivity contribution in [2.75, 3.05) is 13.7 Å². The summed E-state index contributed by atoms with van der Waals surface area (Å²) in [6.45, 7) is 3.04. The second-order valence-corrected chi connectivity index (χ2v) is 10.9. The molecule has 0 unspecified atom stereocenters. The molecule has 2 saturated heterocycles. The van der Waals surface area contributed by atoms with Crippen molar-refractivity contribution >= 4 is 15.9 Å². The predicted molar refractivity (Wildman–Crippen MR) is 116 cm³/mol. The van der Waals surface area contributed by atoms with E-state index in [1.54, 1.807) is 31.4 Å². The van der Waals surface area contributed by atoms with Crippen LogP contribution in [0.3, 0.4) is 0 Å². The van der Waals surface area contributed by atoms with E-state index in [2.05, 4.69) is 16.5 Å². The maximum atomic E-state index is 13.1. The molecule has 4 rings (SSSR count). The molecule has 2 aliphatic heterocycles. The van der Waals surface area contributed by atoms with Gasteiger partial charge in [-0.1, -0.05) is 13.3 Å². The van der Waals surface area contributed by atoms with Gasteiger partial charge < -0.3 is 9.64 Å². The summed E-state index contributed by atoms with van der Waals surface area (Å²) in [7, 11) is -2.04. The van der Waals surface area contributed by atoms with Gasteiger partial charge in [0.1, 0.15) is 5.75 Å². The molecule has 3 fully saturated rings. The first-order valence-corrected chi connectivity index (χ1v) is 12.9. The summed E-state index contributed by atoms with van der Waals surface area (Å²) in [4.78, 5) is 15.2. The third-order valence-electron chi connectivity index (χ3n) is 7.65. The van der Waals surface area contributed by atoms with E-state index in [-0.39, 0.29) is 22.4 Å². The van der Waals surface area contributed by atoms with Crippen LogP contribution in [-0.2, 0) is 14.8 Å². The fraction of sp³-hybridized carbons (Fsp3) is 0.696. The van der Waals surface area contributed by atoms with Gasteiger partial charge in [-0.25, -0.2) is 13.1 Å². The minimum atomic E-state index is -3.60. The van der Waals surface area contributed by atoms with Gasteiger partial charge in [0, 0.05) is 24.5 Å². The molecule has 1 amide bonds. The van der Waals surface area contributed by atoms with Crippen molar-refractivity contribution in [3.05, 3.63) is 24.3 Å².